The lowest BCUT2D eigenvalue weighted by Crippen LogP contribution is -2.19. The predicted molar refractivity (Wildman–Crippen MR) is 167 cm³/mol. The summed E-state index contributed by atoms with van der Waals surface area (Å²) in [5.41, 5.74) is 3.05. The molecule has 4 aromatic carbocycles. The maximum absolute atomic E-state index is 13.5. The Hall–Kier alpha value is -4.24. The highest BCUT2D eigenvalue weighted by Crippen LogP contribution is 2.37. The van der Waals surface area contributed by atoms with Gasteiger partial charge in [-0.05, 0) is 64.2 Å². The molecule has 0 aliphatic rings. The van der Waals surface area contributed by atoms with Gasteiger partial charge in [-0.3, -0.25) is 9.59 Å². The van der Waals surface area contributed by atoms with Crippen molar-refractivity contribution in [2.45, 2.75) is 10.1 Å². The first kappa shape index (κ1) is 26.0. The highest BCUT2D eigenvalue weighted by atomic mass is 32.2. The zero-order chi connectivity index (χ0) is 27.3. The second kappa shape index (κ2) is 11.9. The van der Waals surface area contributed by atoms with E-state index in [1.54, 1.807) is 11.3 Å². The molecule has 2 heterocycles. The van der Waals surface area contributed by atoms with Gasteiger partial charge in [-0.25, -0.2) is 4.98 Å². The van der Waals surface area contributed by atoms with Crippen molar-refractivity contribution in [3.63, 3.8) is 0 Å². The third kappa shape index (κ3) is 5.99. The molecule has 40 heavy (non-hydrogen) atoms. The van der Waals surface area contributed by atoms with Crippen LogP contribution in [0.25, 0.3) is 21.3 Å². The van der Waals surface area contributed by atoms with Gasteiger partial charge in [0, 0.05) is 21.5 Å². The molecule has 0 saturated heterocycles. The summed E-state index contributed by atoms with van der Waals surface area (Å²) >= 11 is 4.49. The van der Waals surface area contributed by atoms with E-state index < -0.39 is 5.25 Å². The first-order chi connectivity index (χ1) is 19.6. The van der Waals surface area contributed by atoms with Crippen molar-refractivity contribution in [3.05, 3.63) is 131 Å². The Morgan fingerprint density at radius 2 is 1.52 bits per heavy atom. The molecule has 0 spiro atoms. The maximum Gasteiger partial charge on any atom is 0.255 e. The first-order valence-corrected chi connectivity index (χ1v) is 15.2. The van der Waals surface area contributed by atoms with Crippen molar-refractivity contribution < 1.29 is 9.59 Å². The molecule has 196 valence electrons. The minimum atomic E-state index is -0.478. The van der Waals surface area contributed by atoms with Crippen molar-refractivity contribution in [1.82, 2.24) is 4.98 Å². The molecule has 6 aromatic rings. The predicted octanol–water partition coefficient (Wildman–Crippen LogP) is 8.75. The summed E-state index contributed by atoms with van der Waals surface area (Å²) in [6.45, 7) is 0. The van der Waals surface area contributed by atoms with E-state index in [9.17, 15) is 9.59 Å². The van der Waals surface area contributed by atoms with E-state index in [4.69, 9.17) is 0 Å². The summed E-state index contributed by atoms with van der Waals surface area (Å²) in [5, 5.41) is 12.1. The summed E-state index contributed by atoms with van der Waals surface area (Å²) in [5.74, 6) is -0.310. The molecule has 2 aromatic heterocycles. The Bertz CT molecular complexity index is 1760. The molecule has 2 N–H and O–H groups in total. The smallest absolute Gasteiger partial charge is 0.255 e. The number of nitrogens with one attached hydrogen (secondary N) is 2. The standard InChI is InChI=1S/C32H23N3O2S3/c36-30(24-13-12-21-7-4-5-10-23(21)19-24)33-25-14-16-26(17-15-25)40-29(22-8-2-1-3-9-22)31(37)35-32-34-27(20-39-32)28-11-6-18-38-28/h1-20,29H,(H,33,36)(H,34,35,37). The first-order valence-electron chi connectivity index (χ1n) is 12.5. The molecule has 0 aliphatic carbocycles. The molecule has 0 bridgehead atoms. The number of rotatable bonds is 8. The Balaban J connectivity index is 1.15. The molecular formula is C32H23N3O2S3. The number of thioether (sulfide) groups is 1. The van der Waals surface area contributed by atoms with Crippen molar-refractivity contribution in [3.8, 4) is 10.6 Å². The normalized spacial score (nSPS) is 11.7. The quantitative estimate of drug-likeness (QED) is 0.177. The minimum absolute atomic E-state index is 0.142. The average molecular weight is 578 g/mol. The number of thiazole rings is 1. The van der Waals surface area contributed by atoms with Crippen molar-refractivity contribution in [2.24, 2.45) is 0 Å². The zero-order valence-electron chi connectivity index (χ0n) is 21.1. The van der Waals surface area contributed by atoms with Crippen LogP contribution in [-0.4, -0.2) is 16.8 Å². The third-order valence-electron chi connectivity index (χ3n) is 6.23. The second-order valence-electron chi connectivity index (χ2n) is 8.95. The molecule has 1 unspecified atom stereocenters. The van der Waals surface area contributed by atoms with Crippen LogP contribution in [-0.2, 0) is 4.79 Å². The molecule has 6 rings (SSSR count). The van der Waals surface area contributed by atoms with Gasteiger partial charge < -0.3 is 10.6 Å². The van der Waals surface area contributed by atoms with Crippen molar-refractivity contribution >= 4 is 67.8 Å². The fraction of sp³-hybridized carbons (Fsp3) is 0.0312. The Morgan fingerprint density at radius 1 is 0.750 bits per heavy atom. The number of nitrogens with zero attached hydrogens (tertiary/aromatic N) is 1. The van der Waals surface area contributed by atoms with Crippen LogP contribution < -0.4 is 10.6 Å². The van der Waals surface area contributed by atoms with Gasteiger partial charge in [-0.1, -0.05) is 66.7 Å². The van der Waals surface area contributed by atoms with Crippen LogP contribution in [0.2, 0.25) is 0 Å². The largest absolute Gasteiger partial charge is 0.322 e. The Labute approximate surface area is 243 Å². The molecule has 5 nitrogen and oxygen atoms in total. The van der Waals surface area contributed by atoms with E-state index in [2.05, 4.69) is 15.6 Å². The van der Waals surface area contributed by atoms with E-state index in [0.29, 0.717) is 16.4 Å². The highest BCUT2D eigenvalue weighted by Gasteiger charge is 2.23. The van der Waals surface area contributed by atoms with E-state index in [0.717, 1.165) is 31.8 Å². The molecule has 1 atom stereocenters. The Morgan fingerprint density at radius 3 is 2.30 bits per heavy atom. The minimum Gasteiger partial charge on any atom is -0.322 e. The fourth-order valence-electron chi connectivity index (χ4n) is 4.23. The molecular weight excluding hydrogens is 555 g/mol. The molecule has 0 radical (unpaired) electrons. The van der Waals surface area contributed by atoms with E-state index >= 15 is 0 Å². The summed E-state index contributed by atoms with van der Waals surface area (Å²) < 4.78 is 0. The van der Waals surface area contributed by atoms with Gasteiger partial charge in [0.2, 0.25) is 5.91 Å². The molecule has 0 saturated carbocycles. The van der Waals surface area contributed by atoms with Crippen molar-refractivity contribution in [1.29, 1.82) is 0 Å². The lowest BCUT2D eigenvalue weighted by atomic mass is 10.1. The van der Waals surface area contributed by atoms with Gasteiger partial charge in [0.1, 0.15) is 5.25 Å². The summed E-state index contributed by atoms with van der Waals surface area (Å²) in [7, 11) is 0. The van der Waals surface area contributed by atoms with E-state index in [1.165, 1.54) is 23.1 Å². The number of carbonyl (C=O) groups is 2. The van der Waals surface area contributed by atoms with Crippen LogP contribution >= 0.6 is 34.4 Å². The number of hydrogen-bond acceptors (Lipinski definition) is 6. The zero-order valence-corrected chi connectivity index (χ0v) is 23.6. The molecule has 8 heteroatoms. The SMILES string of the molecule is O=C(Nc1ccc(SC(C(=O)Nc2nc(-c3cccs3)cs2)c2ccccc2)cc1)c1ccc2ccccc2c1. The summed E-state index contributed by atoms with van der Waals surface area (Å²) in [4.78, 5) is 32.9. The van der Waals surface area contributed by atoms with Gasteiger partial charge in [-0.15, -0.1) is 34.4 Å². The number of amides is 2. The van der Waals surface area contributed by atoms with Crippen LogP contribution in [0.1, 0.15) is 21.2 Å². The van der Waals surface area contributed by atoms with E-state index in [-0.39, 0.29) is 11.8 Å². The van der Waals surface area contributed by atoms with Crippen LogP contribution in [0.15, 0.2) is 125 Å². The van der Waals surface area contributed by atoms with Crippen LogP contribution in [0, 0.1) is 0 Å². The van der Waals surface area contributed by atoms with Crippen molar-refractivity contribution in [2.75, 3.05) is 10.6 Å². The van der Waals surface area contributed by atoms with Gasteiger partial charge >= 0.3 is 0 Å². The lowest BCUT2D eigenvalue weighted by Gasteiger charge is -2.16. The topological polar surface area (TPSA) is 71.1 Å². The number of fused-ring (bicyclic) bond motifs is 1. The number of anilines is 2. The lowest BCUT2D eigenvalue weighted by molar-refractivity contribution is -0.115. The highest BCUT2D eigenvalue weighted by molar-refractivity contribution is 8.00. The maximum atomic E-state index is 13.5. The summed E-state index contributed by atoms with van der Waals surface area (Å²) in [6.07, 6.45) is 0. The van der Waals surface area contributed by atoms with Gasteiger partial charge in [0.25, 0.3) is 5.91 Å². The summed E-state index contributed by atoms with van der Waals surface area (Å²) in [6, 6.07) is 34.9. The molecule has 0 fully saturated rings. The van der Waals surface area contributed by atoms with Crippen LogP contribution in [0.4, 0.5) is 10.8 Å². The monoisotopic (exact) mass is 577 g/mol. The number of thiophene rings is 1. The molecule has 0 aliphatic heterocycles. The number of benzene rings is 4. The second-order valence-corrected chi connectivity index (χ2v) is 11.9. The number of hydrogen-bond donors (Lipinski definition) is 2. The Kier molecular flexibility index (Phi) is 7.72. The molecule has 2 amide bonds. The van der Waals surface area contributed by atoms with Crippen LogP contribution in [0.3, 0.4) is 0 Å². The van der Waals surface area contributed by atoms with Gasteiger partial charge in [0.15, 0.2) is 5.13 Å². The average Bonchev–Trinajstić information content (AvgIpc) is 3.69. The fourth-order valence-corrected chi connectivity index (χ4v) is 6.73. The number of aromatic nitrogens is 1. The van der Waals surface area contributed by atoms with Crippen LogP contribution in [0.5, 0.6) is 0 Å². The van der Waals surface area contributed by atoms with Gasteiger partial charge in [-0.2, -0.15) is 0 Å². The number of carbonyl (C=O) groups excluding carboxylic acids is 2. The van der Waals surface area contributed by atoms with E-state index in [1.807, 2.05) is 120 Å². The van der Waals surface area contributed by atoms with Gasteiger partial charge in [0.05, 0.1) is 10.6 Å². The third-order valence-corrected chi connectivity index (χ3v) is 9.14.